The number of hydrogen-bond donors (Lipinski definition) is 0. The number of alkyl halides is 1. The van der Waals surface area contributed by atoms with E-state index in [1.807, 2.05) is 84.9 Å². The number of hydrogen-bond acceptors (Lipinski definition) is 3. The van der Waals surface area contributed by atoms with E-state index in [0.29, 0.717) is 0 Å². The molecule has 5 heteroatoms. The maximum Gasteiger partial charge on any atom is 0.262 e. The van der Waals surface area contributed by atoms with E-state index in [4.69, 9.17) is 16.3 Å². The summed E-state index contributed by atoms with van der Waals surface area (Å²) in [4.78, 5) is 15.9. The van der Waals surface area contributed by atoms with Crippen molar-refractivity contribution in [2.24, 2.45) is 0 Å². The summed E-state index contributed by atoms with van der Waals surface area (Å²) >= 11 is 8.34. The Morgan fingerprint density at radius 2 is 1.52 bits per heavy atom. The molecule has 1 aliphatic rings. The van der Waals surface area contributed by atoms with Gasteiger partial charge >= 0.3 is 0 Å². The number of halogens is 1. The van der Waals surface area contributed by atoms with Gasteiger partial charge in [0.25, 0.3) is 5.91 Å². The highest BCUT2D eigenvalue weighted by Crippen LogP contribution is 2.58. The second-order valence-corrected chi connectivity index (χ2v) is 8.39. The molecule has 3 aromatic carbocycles. The van der Waals surface area contributed by atoms with Crippen LogP contribution in [-0.4, -0.2) is 17.2 Å². The minimum atomic E-state index is -1.08. The topological polar surface area (TPSA) is 29.5 Å². The molecule has 0 N–H and O–H groups in total. The van der Waals surface area contributed by atoms with Gasteiger partial charge in [-0.15, -0.1) is 0 Å². The van der Waals surface area contributed by atoms with Crippen molar-refractivity contribution in [2.75, 3.05) is 12.0 Å². The third-order valence-electron chi connectivity index (χ3n) is 4.60. The molecule has 1 heterocycles. The van der Waals surface area contributed by atoms with Gasteiger partial charge in [-0.05, 0) is 42.0 Å². The molecule has 0 bridgehead atoms. The third kappa shape index (κ3) is 3.20. The molecule has 136 valence electrons. The van der Waals surface area contributed by atoms with Crippen molar-refractivity contribution < 1.29 is 9.53 Å². The molecule has 1 saturated heterocycles. The first kappa shape index (κ1) is 18.0. The van der Waals surface area contributed by atoms with Crippen LogP contribution in [0.3, 0.4) is 0 Å². The first-order chi connectivity index (χ1) is 13.1. The molecule has 0 aliphatic carbocycles. The lowest BCUT2D eigenvalue weighted by Crippen LogP contribution is -2.64. The predicted octanol–water partition coefficient (Wildman–Crippen LogP) is 5.51. The summed E-state index contributed by atoms with van der Waals surface area (Å²) in [5.41, 5.74) is 1.81. The predicted molar refractivity (Wildman–Crippen MR) is 111 cm³/mol. The molecule has 1 fully saturated rings. The minimum Gasteiger partial charge on any atom is -0.497 e. The maximum absolute atomic E-state index is 13.2. The summed E-state index contributed by atoms with van der Waals surface area (Å²) in [7, 11) is 1.62. The van der Waals surface area contributed by atoms with Gasteiger partial charge in [0.1, 0.15) is 5.75 Å². The van der Waals surface area contributed by atoms with Gasteiger partial charge in [-0.3, -0.25) is 9.69 Å². The lowest BCUT2D eigenvalue weighted by atomic mass is 9.91. The SMILES string of the molecule is COc1ccc(N2C(=O)[C@@](Cl)(Sc3ccccc3)[C@H]2c2ccccc2)cc1. The molecule has 0 spiro atoms. The highest BCUT2D eigenvalue weighted by molar-refractivity contribution is 8.03. The zero-order chi connectivity index (χ0) is 18.9. The number of carbonyl (C=O) groups is 1. The van der Waals surface area contributed by atoms with Gasteiger partial charge in [-0.25, -0.2) is 0 Å². The van der Waals surface area contributed by atoms with E-state index < -0.39 is 4.21 Å². The van der Waals surface area contributed by atoms with Gasteiger partial charge in [0.05, 0.1) is 13.2 Å². The first-order valence-electron chi connectivity index (χ1n) is 8.59. The number of β-lactam (4-membered cyclic amide) rings is 1. The fraction of sp³-hybridized carbons (Fsp3) is 0.136. The Hall–Kier alpha value is -2.43. The first-order valence-corrected chi connectivity index (χ1v) is 9.78. The van der Waals surface area contributed by atoms with Crippen molar-refractivity contribution in [3.8, 4) is 5.75 Å². The molecule has 1 aliphatic heterocycles. The number of carbonyl (C=O) groups excluding carboxylic acids is 1. The molecule has 1 amide bonds. The Morgan fingerprint density at radius 3 is 2.11 bits per heavy atom. The molecule has 2 atom stereocenters. The highest BCUT2D eigenvalue weighted by Gasteiger charge is 2.61. The van der Waals surface area contributed by atoms with Crippen molar-refractivity contribution in [3.05, 3.63) is 90.5 Å². The zero-order valence-corrected chi connectivity index (χ0v) is 16.3. The van der Waals surface area contributed by atoms with E-state index in [2.05, 4.69) is 0 Å². The Morgan fingerprint density at radius 1 is 0.926 bits per heavy atom. The Labute approximate surface area is 167 Å². The summed E-state index contributed by atoms with van der Waals surface area (Å²) in [5, 5.41) is 0. The standard InChI is InChI=1S/C22H18ClNO2S/c1-26-18-14-12-17(13-15-18)24-20(16-8-4-2-5-9-16)22(23,21(24)25)27-19-10-6-3-7-11-19/h2-15,20H,1H3/t20-,22+/m1/s1. The van der Waals surface area contributed by atoms with Gasteiger partial charge in [-0.2, -0.15) is 0 Å². The number of amides is 1. The second kappa shape index (κ2) is 7.29. The van der Waals surface area contributed by atoms with Crippen LogP contribution in [0.1, 0.15) is 11.6 Å². The molecular weight excluding hydrogens is 378 g/mol. The molecule has 0 radical (unpaired) electrons. The summed E-state index contributed by atoms with van der Waals surface area (Å²) in [6.07, 6.45) is 0. The molecule has 0 unspecified atom stereocenters. The third-order valence-corrected chi connectivity index (χ3v) is 6.40. The zero-order valence-electron chi connectivity index (χ0n) is 14.7. The normalized spacial score (nSPS) is 21.6. The molecule has 3 nitrogen and oxygen atoms in total. The van der Waals surface area contributed by atoms with E-state index in [-0.39, 0.29) is 11.9 Å². The largest absolute Gasteiger partial charge is 0.497 e. The van der Waals surface area contributed by atoms with Crippen LogP contribution in [0, 0.1) is 0 Å². The van der Waals surface area contributed by atoms with Crippen molar-refractivity contribution in [1.29, 1.82) is 0 Å². The lowest BCUT2D eigenvalue weighted by molar-refractivity contribution is -0.125. The number of anilines is 1. The summed E-state index contributed by atoms with van der Waals surface area (Å²) in [6, 6.07) is 26.9. The van der Waals surface area contributed by atoms with E-state index in [9.17, 15) is 4.79 Å². The fourth-order valence-corrected chi connectivity index (χ4v) is 5.02. The van der Waals surface area contributed by atoms with Crippen molar-refractivity contribution in [1.82, 2.24) is 0 Å². The van der Waals surface area contributed by atoms with E-state index in [1.165, 1.54) is 11.8 Å². The van der Waals surface area contributed by atoms with Crippen LogP contribution in [-0.2, 0) is 4.79 Å². The van der Waals surface area contributed by atoms with Crippen LogP contribution in [0.15, 0.2) is 89.8 Å². The van der Waals surface area contributed by atoms with Gasteiger partial charge in [0.15, 0.2) is 4.21 Å². The molecule has 4 rings (SSSR count). The van der Waals surface area contributed by atoms with Crippen LogP contribution in [0.4, 0.5) is 5.69 Å². The van der Waals surface area contributed by atoms with E-state index >= 15 is 0 Å². The van der Waals surface area contributed by atoms with Crippen LogP contribution in [0.2, 0.25) is 0 Å². The monoisotopic (exact) mass is 395 g/mol. The summed E-state index contributed by atoms with van der Waals surface area (Å²) < 4.78 is 4.14. The fourth-order valence-electron chi connectivity index (χ4n) is 3.27. The van der Waals surface area contributed by atoms with Crippen LogP contribution in [0.5, 0.6) is 5.75 Å². The average Bonchev–Trinajstić information content (AvgIpc) is 2.73. The second-order valence-electron chi connectivity index (χ2n) is 6.25. The van der Waals surface area contributed by atoms with Gasteiger partial charge in [0.2, 0.25) is 0 Å². The summed E-state index contributed by atoms with van der Waals surface area (Å²) in [5.74, 6) is 0.635. The number of benzene rings is 3. The highest BCUT2D eigenvalue weighted by atomic mass is 35.5. The number of rotatable bonds is 5. The molecule has 0 saturated carbocycles. The van der Waals surface area contributed by atoms with Crippen LogP contribution >= 0.6 is 23.4 Å². The lowest BCUT2D eigenvalue weighted by Gasteiger charge is -2.52. The average molecular weight is 396 g/mol. The molecular formula is C22H18ClNO2S. The van der Waals surface area contributed by atoms with Gasteiger partial charge in [0, 0.05) is 10.6 Å². The number of methoxy groups -OCH3 is 1. The Bertz CT molecular complexity index is 934. The molecule has 3 aromatic rings. The maximum atomic E-state index is 13.2. The van der Waals surface area contributed by atoms with Crippen molar-refractivity contribution in [2.45, 2.75) is 15.1 Å². The molecule has 0 aromatic heterocycles. The molecule has 27 heavy (non-hydrogen) atoms. The number of ether oxygens (including phenoxy) is 1. The minimum absolute atomic E-state index is 0.114. The number of nitrogens with zero attached hydrogens (tertiary/aromatic N) is 1. The van der Waals surface area contributed by atoms with Crippen molar-refractivity contribution >= 4 is 35.0 Å². The number of thioether (sulfide) groups is 1. The summed E-state index contributed by atoms with van der Waals surface area (Å²) in [6.45, 7) is 0. The smallest absolute Gasteiger partial charge is 0.262 e. The van der Waals surface area contributed by atoms with Crippen LogP contribution < -0.4 is 9.64 Å². The Balaban J connectivity index is 1.72. The van der Waals surface area contributed by atoms with Gasteiger partial charge < -0.3 is 4.74 Å². The van der Waals surface area contributed by atoms with Crippen molar-refractivity contribution in [3.63, 3.8) is 0 Å². The van der Waals surface area contributed by atoms with E-state index in [0.717, 1.165) is 21.9 Å². The van der Waals surface area contributed by atoms with Crippen LogP contribution in [0.25, 0.3) is 0 Å². The Kier molecular flexibility index (Phi) is 4.85. The van der Waals surface area contributed by atoms with Gasteiger partial charge in [-0.1, -0.05) is 71.9 Å². The van der Waals surface area contributed by atoms with E-state index in [1.54, 1.807) is 12.0 Å². The quantitative estimate of drug-likeness (QED) is 0.421.